The summed E-state index contributed by atoms with van der Waals surface area (Å²) >= 11 is 0. The molecule has 0 unspecified atom stereocenters. The van der Waals surface area contributed by atoms with Gasteiger partial charge < -0.3 is 4.98 Å². The summed E-state index contributed by atoms with van der Waals surface area (Å²) in [6.07, 6.45) is 4.43. The summed E-state index contributed by atoms with van der Waals surface area (Å²) in [5.74, 6) is 0. The van der Waals surface area contributed by atoms with Crippen molar-refractivity contribution in [3.05, 3.63) is 18.5 Å². The van der Waals surface area contributed by atoms with Crippen LogP contribution in [0.3, 0.4) is 0 Å². The van der Waals surface area contributed by atoms with Crippen molar-refractivity contribution < 1.29 is 0 Å². The van der Waals surface area contributed by atoms with Gasteiger partial charge in [-0.15, -0.1) is 0 Å². The van der Waals surface area contributed by atoms with E-state index in [4.69, 9.17) is 0 Å². The maximum absolute atomic E-state index is 3.65. The lowest BCUT2D eigenvalue weighted by molar-refractivity contribution is 1.11. The van der Waals surface area contributed by atoms with Crippen LogP contribution in [-0.2, 0) is 0 Å². The van der Waals surface area contributed by atoms with Crippen molar-refractivity contribution >= 4 is 11.0 Å². The zero-order chi connectivity index (χ0) is 5.40. The van der Waals surface area contributed by atoms with Crippen molar-refractivity contribution in [2.24, 2.45) is 0 Å². The minimum absolute atomic E-state index is 0.880. The number of hydrogen-bond donors (Lipinski definition) is 2. The van der Waals surface area contributed by atoms with Crippen molar-refractivity contribution in [2.75, 3.05) is 0 Å². The van der Waals surface area contributed by atoms with Gasteiger partial charge >= 0.3 is 0 Å². The minimum Gasteiger partial charge on any atom is -0.357 e. The average molecular weight is 105 g/mol. The number of H-pyrrole nitrogens is 2. The Bertz CT molecular complexity index is 229. The van der Waals surface area contributed by atoms with Gasteiger partial charge in [-0.2, -0.15) is 5.10 Å². The van der Waals surface area contributed by atoms with Crippen LogP contribution in [0.5, 0.6) is 0 Å². The fourth-order valence-electron chi connectivity index (χ4n) is 0.641. The number of aromatic amines is 2. The maximum atomic E-state index is 3.65. The van der Waals surface area contributed by atoms with Crippen molar-refractivity contribution in [1.29, 1.82) is 0 Å². The Kier molecular flexibility index (Phi) is 0.521. The van der Waals surface area contributed by atoms with Crippen molar-refractivity contribution in [3.8, 4) is 0 Å². The van der Waals surface area contributed by atoms with Crippen molar-refractivity contribution in [2.45, 2.75) is 0 Å². The Labute approximate surface area is 45.7 Å². The SMILES string of the molecule is [c]1n[nH]c2[c]c[nH]c12. The molecular formula is C5H3N3. The predicted octanol–water partition coefficient (Wildman–Crippen LogP) is 0.491. The Morgan fingerprint density at radius 2 is 2.50 bits per heavy atom. The first-order chi connectivity index (χ1) is 3.97. The first-order valence-electron chi connectivity index (χ1n) is 2.27. The molecule has 0 saturated heterocycles. The third-order valence-electron chi connectivity index (χ3n) is 1.02. The number of nitrogens with one attached hydrogen (secondary N) is 2. The van der Waals surface area contributed by atoms with Gasteiger partial charge in [0.15, 0.2) is 0 Å². The lowest BCUT2D eigenvalue weighted by Gasteiger charge is -1.64. The lowest BCUT2D eigenvalue weighted by Crippen LogP contribution is -1.60. The molecule has 0 aliphatic heterocycles. The van der Waals surface area contributed by atoms with Crippen LogP contribution in [0.2, 0.25) is 0 Å². The highest BCUT2D eigenvalue weighted by atomic mass is 15.1. The van der Waals surface area contributed by atoms with Gasteiger partial charge in [-0.1, -0.05) is 0 Å². The fourth-order valence-corrected chi connectivity index (χ4v) is 0.641. The number of aromatic nitrogens is 3. The Morgan fingerprint density at radius 3 is 3.38 bits per heavy atom. The largest absolute Gasteiger partial charge is 0.357 e. The van der Waals surface area contributed by atoms with Gasteiger partial charge in [0, 0.05) is 12.3 Å². The van der Waals surface area contributed by atoms with Crippen LogP contribution in [0.1, 0.15) is 0 Å². The highest BCUT2D eigenvalue weighted by Crippen LogP contribution is 2.02. The van der Waals surface area contributed by atoms with Crippen LogP contribution in [0.15, 0.2) is 6.20 Å². The smallest absolute Gasteiger partial charge is 0.139 e. The normalized spacial score (nSPS) is 10.5. The molecule has 0 fully saturated rings. The van der Waals surface area contributed by atoms with Gasteiger partial charge in [0.1, 0.15) is 6.20 Å². The van der Waals surface area contributed by atoms with E-state index >= 15 is 0 Å². The summed E-state index contributed by atoms with van der Waals surface area (Å²) < 4.78 is 0. The molecule has 0 bridgehead atoms. The summed E-state index contributed by atoms with van der Waals surface area (Å²) in [6, 6.07) is 2.89. The third kappa shape index (κ3) is 0.307. The zero-order valence-electron chi connectivity index (χ0n) is 4.02. The molecule has 38 valence electrons. The van der Waals surface area contributed by atoms with E-state index in [0.717, 1.165) is 11.0 Å². The second-order valence-corrected chi connectivity index (χ2v) is 1.52. The summed E-state index contributed by atoms with van der Waals surface area (Å²) in [6.45, 7) is 0. The topological polar surface area (TPSA) is 44.5 Å². The molecule has 0 atom stereocenters. The molecule has 0 aliphatic carbocycles. The summed E-state index contributed by atoms with van der Waals surface area (Å²) in [5, 5.41) is 6.36. The lowest BCUT2D eigenvalue weighted by atomic mass is 10.5. The second kappa shape index (κ2) is 1.12. The van der Waals surface area contributed by atoms with E-state index in [0.29, 0.717) is 0 Å². The number of nitrogens with zero attached hydrogens (tertiary/aromatic N) is 1. The second-order valence-electron chi connectivity index (χ2n) is 1.52. The molecule has 2 radical (unpaired) electrons. The molecule has 2 aromatic rings. The first kappa shape index (κ1) is 3.72. The zero-order valence-corrected chi connectivity index (χ0v) is 4.02. The average Bonchev–Trinajstić information content (AvgIpc) is 2.15. The van der Waals surface area contributed by atoms with Crippen LogP contribution < -0.4 is 0 Å². The Balaban J connectivity index is 3.06. The van der Waals surface area contributed by atoms with Gasteiger partial charge in [-0.25, -0.2) is 0 Å². The van der Waals surface area contributed by atoms with Gasteiger partial charge in [-0.3, -0.25) is 5.10 Å². The van der Waals surface area contributed by atoms with E-state index < -0.39 is 0 Å². The molecule has 0 spiro atoms. The third-order valence-corrected chi connectivity index (χ3v) is 1.02. The number of rotatable bonds is 0. The molecular weight excluding hydrogens is 102 g/mol. The molecule has 2 heterocycles. The van der Waals surface area contributed by atoms with Crippen LogP contribution in [0.25, 0.3) is 11.0 Å². The van der Waals surface area contributed by atoms with Gasteiger partial charge in [0.2, 0.25) is 0 Å². The predicted molar refractivity (Wildman–Crippen MR) is 28.1 cm³/mol. The summed E-state index contributed by atoms with van der Waals surface area (Å²) in [5.41, 5.74) is 1.76. The summed E-state index contributed by atoms with van der Waals surface area (Å²) in [7, 11) is 0. The molecule has 0 aliphatic rings. The fraction of sp³-hybridized carbons (Fsp3) is 0. The van der Waals surface area contributed by atoms with Crippen molar-refractivity contribution in [3.63, 3.8) is 0 Å². The molecule has 0 saturated carbocycles. The Morgan fingerprint density at radius 1 is 1.50 bits per heavy atom. The van der Waals surface area contributed by atoms with Crippen molar-refractivity contribution in [1.82, 2.24) is 15.2 Å². The minimum atomic E-state index is 0.880. The molecule has 2 aromatic heterocycles. The van der Waals surface area contributed by atoms with E-state index in [2.05, 4.69) is 27.4 Å². The molecule has 0 aromatic carbocycles. The highest BCUT2D eigenvalue weighted by molar-refractivity contribution is 5.72. The molecule has 8 heavy (non-hydrogen) atoms. The standard InChI is InChI=1S/C5H3N3/c1-2-6-5-3-7-8-4(1)5/h2,6H,(H,7,8). The first-order valence-corrected chi connectivity index (χ1v) is 2.27. The number of hydrogen-bond acceptors (Lipinski definition) is 1. The molecule has 2 N–H and O–H groups in total. The Hall–Kier alpha value is -1.25. The van der Waals surface area contributed by atoms with E-state index in [1.54, 1.807) is 6.20 Å². The maximum Gasteiger partial charge on any atom is 0.139 e. The van der Waals surface area contributed by atoms with E-state index in [1.165, 1.54) is 0 Å². The molecule has 3 heteroatoms. The van der Waals surface area contributed by atoms with Gasteiger partial charge in [0.05, 0.1) is 11.0 Å². The van der Waals surface area contributed by atoms with E-state index in [9.17, 15) is 0 Å². The van der Waals surface area contributed by atoms with Crippen LogP contribution in [0, 0.1) is 12.3 Å². The summed E-state index contributed by atoms with van der Waals surface area (Å²) in [4.78, 5) is 2.89. The molecule has 2 rings (SSSR count). The van der Waals surface area contributed by atoms with Gasteiger partial charge in [0.25, 0.3) is 0 Å². The molecule has 3 nitrogen and oxygen atoms in total. The van der Waals surface area contributed by atoms with Crippen LogP contribution >= 0.6 is 0 Å². The quantitative estimate of drug-likeness (QED) is 0.503. The monoisotopic (exact) mass is 105 g/mol. The number of fused-ring (bicyclic) bond motifs is 1. The highest BCUT2D eigenvalue weighted by Gasteiger charge is 1.91. The van der Waals surface area contributed by atoms with E-state index in [1.807, 2.05) is 0 Å². The molecule has 0 amide bonds. The van der Waals surface area contributed by atoms with E-state index in [-0.39, 0.29) is 0 Å². The van der Waals surface area contributed by atoms with Crippen LogP contribution in [0.4, 0.5) is 0 Å². The van der Waals surface area contributed by atoms with Gasteiger partial charge in [-0.05, 0) is 0 Å². The van der Waals surface area contributed by atoms with Crippen LogP contribution in [-0.4, -0.2) is 15.2 Å².